The molecule has 0 aliphatic heterocycles. The van der Waals surface area contributed by atoms with Gasteiger partial charge in [0.1, 0.15) is 16.9 Å². The predicted octanol–water partition coefficient (Wildman–Crippen LogP) is 6.63. The maximum Gasteiger partial charge on any atom is 0.342 e. The van der Waals surface area contributed by atoms with Gasteiger partial charge in [-0.3, -0.25) is 9.78 Å². The molecule has 0 bridgehead atoms. The van der Waals surface area contributed by atoms with Gasteiger partial charge in [0.2, 0.25) is 0 Å². The maximum absolute atomic E-state index is 14.3. The lowest BCUT2D eigenvalue weighted by molar-refractivity contribution is 0.0528. The summed E-state index contributed by atoms with van der Waals surface area (Å²) in [5.41, 5.74) is 3.52. The Morgan fingerprint density at radius 1 is 0.878 bits per heavy atom. The van der Waals surface area contributed by atoms with Gasteiger partial charge < -0.3 is 9.15 Å². The average Bonchev–Trinajstić information content (AvgIpc) is 3.35. The van der Waals surface area contributed by atoms with E-state index in [0.717, 1.165) is 15.4 Å². The lowest BCUT2D eigenvalue weighted by Gasteiger charge is -2.24. The van der Waals surface area contributed by atoms with Crippen molar-refractivity contribution in [3.8, 4) is 11.3 Å². The highest BCUT2D eigenvalue weighted by atomic mass is 32.2. The van der Waals surface area contributed by atoms with Crippen molar-refractivity contribution in [2.24, 2.45) is 0 Å². The minimum Gasteiger partial charge on any atom is -0.462 e. The summed E-state index contributed by atoms with van der Waals surface area (Å²) in [4.78, 5) is 31.1. The fraction of sp³-hybridized carbons (Fsp3) is 0.156. The fourth-order valence-electron chi connectivity index (χ4n) is 4.70. The van der Waals surface area contributed by atoms with Gasteiger partial charge >= 0.3 is 5.97 Å². The first-order chi connectivity index (χ1) is 19.6. The van der Waals surface area contributed by atoms with Crippen molar-refractivity contribution in [1.82, 2.24) is 4.98 Å². The lowest BCUT2D eigenvalue weighted by Crippen LogP contribution is -2.37. The third-order valence-electron chi connectivity index (χ3n) is 6.84. The van der Waals surface area contributed by atoms with Crippen molar-refractivity contribution in [2.75, 3.05) is 10.9 Å². The van der Waals surface area contributed by atoms with Crippen molar-refractivity contribution in [3.63, 3.8) is 0 Å². The van der Waals surface area contributed by atoms with E-state index in [4.69, 9.17) is 9.15 Å². The Hall–Kier alpha value is -4.76. The van der Waals surface area contributed by atoms with E-state index >= 15 is 0 Å². The molecule has 0 aliphatic rings. The van der Waals surface area contributed by atoms with Crippen LogP contribution in [0.25, 0.3) is 22.3 Å². The van der Waals surface area contributed by atoms with Gasteiger partial charge in [-0.2, -0.15) is 4.31 Å². The van der Waals surface area contributed by atoms with E-state index in [0.29, 0.717) is 22.1 Å². The van der Waals surface area contributed by atoms with Gasteiger partial charge in [-0.15, -0.1) is 0 Å². The van der Waals surface area contributed by atoms with Crippen LogP contribution in [0, 0.1) is 20.8 Å². The molecule has 5 rings (SSSR count). The van der Waals surface area contributed by atoms with Crippen LogP contribution in [0.15, 0.2) is 94.5 Å². The number of amides is 1. The Morgan fingerprint density at radius 2 is 1.56 bits per heavy atom. The number of ether oxygens (including phenoxy) is 1. The smallest absolute Gasteiger partial charge is 0.342 e. The molecule has 0 fully saturated rings. The van der Waals surface area contributed by atoms with Crippen LogP contribution >= 0.6 is 0 Å². The summed E-state index contributed by atoms with van der Waals surface area (Å²) in [6.07, 6.45) is 2.84. The predicted molar refractivity (Wildman–Crippen MR) is 156 cm³/mol. The zero-order valence-electron chi connectivity index (χ0n) is 23.0. The van der Waals surface area contributed by atoms with Crippen LogP contribution in [0.4, 0.5) is 5.69 Å². The molecule has 0 spiro atoms. The third kappa shape index (κ3) is 5.12. The Labute approximate surface area is 238 Å². The second-order valence-corrected chi connectivity index (χ2v) is 11.3. The Balaban J connectivity index is 1.77. The van der Waals surface area contributed by atoms with Gasteiger partial charge in [-0.05, 0) is 80.8 Å². The number of aromatic nitrogens is 1. The van der Waals surface area contributed by atoms with E-state index in [-0.39, 0.29) is 34.1 Å². The SMILES string of the molecule is CCOC(=O)c1c(-c2ccccc2)oc2ccc(N(C(=O)c3ccncc3)S(=O)(=O)c3cc(C)c(C)cc3C)cc12. The molecule has 0 aliphatic carbocycles. The van der Waals surface area contributed by atoms with Crippen LogP contribution in [0.2, 0.25) is 0 Å². The van der Waals surface area contributed by atoms with Crippen molar-refractivity contribution in [1.29, 1.82) is 0 Å². The summed E-state index contributed by atoms with van der Waals surface area (Å²) in [7, 11) is -4.41. The number of aryl methyl sites for hydroxylation is 3. The van der Waals surface area contributed by atoms with Gasteiger partial charge in [0.15, 0.2) is 0 Å². The molecule has 9 heteroatoms. The number of hydrogen-bond donors (Lipinski definition) is 0. The normalized spacial score (nSPS) is 11.4. The summed E-state index contributed by atoms with van der Waals surface area (Å²) in [5, 5.41) is 0.319. The number of carbonyl (C=O) groups is 2. The van der Waals surface area contributed by atoms with Crippen LogP contribution in [0.3, 0.4) is 0 Å². The highest BCUT2D eigenvalue weighted by Gasteiger charge is 2.34. The molecule has 1 amide bonds. The molecule has 0 saturated carbocycles. The number of rotatable bonds is 7. The van der Waals surface area contributed by atoms with Gasteiger partial charge in [-0.1, -0.05) is 36.4 Å². The zero-order chi connectivity index (χ0) is 29.3. The van der Waals surface area contributed by atoms with Crippen molar-refractivity contribution in [3.05, 3.63) is 113 Å². The number of esters is 1. The van der Waals surface area contributed by atoms with Crippen molar-refractivity contribution in [2.45, 2.75) is 32.6 Å². The molecule has 5 aromatic rings. The van der Waals surface area contributed by atoms with Gasteiger partial charge in [-0.25, -0.2) is 13.2 Å². The number of sulfonamides is 1. The minimum atomic E-state index is -4.41. The standard InChI is InChI=1S/C32H28N2O6S/c1-5-39-32(36)29-26-19-25(11-12-27(26)40-30(29)23-9-7-6-8-10-23)34(31(35)24-13-15-33-16-14-24)41(37,38)28-18-21(3)20(2)17-22(28)4/h6-19H,5H2,1-4H3. The second kappa shape index (κ2) is 11.0. The molecular formula is C32H28N2O6S. The maximum atomic E-state index is 14.3. The monoisotopic (exact) mass is 568 g/mol. The molecule has 208 valence electrons. The first-order valence-electron chi connectivity index (χ1n) is 13.0. The van der Waals surface area contributed by atoms with Gasteiger partial charge in [0, 0.05) is 28.9 Å². The van der Waals surface area contributed by atoms with E-state index in [1.807, 2.05) is 32.0 Å². The highest BCUT2D eigenvalue weighted by Crippen LogP contribution is 2.38. The number of fused-ring (bicyclic) bond motifs is 1. The Morgan fingerprint density at radius 3 is 2.24 bits per heavy atom. The largest absolute Gasteiger partial charge is 0.462 e. The molecule has 41 heavy (non-hydrogen) atoms. The number of pyridine rings is 1. The number of furan rings is 1. The average molecular weight is 569 g/mol. The highest BCUT2D eigenvalue weighted by molar-refractivity contribution is 7.93. The molecular weight excluding hydrogens is 540 g/mol. The van der Waals surface area contributed by atoms with Gasteiger partial charge in [0.25, 0.3) is 15.9 Å². The number of carbonyl (C=O) groups excluding carboxylic acids is 2. The molecule has 0 unspecified atom stereocenters. The van der Waals surface area contributed by atoms with E-state index < -0.39 is 21.9 Å². The number of nitrogens with zero attached hydrogens (tertiary/aromatic N) is 2. The molecule has 2 aromatic heterocycles. The first kappa shape index (κ1) is 27.8. The zero-order valence-corrected chi connectivity index (χ0v) is 23.9. The first-order valence-corrected chi connectivity index (χ1v) is 14.4. The van der Waals surface area contributed by atoms with Gasteiger partial charge in [0.05, 0.1) is 17.2 Å². The summed E-state index contributed by atoms with van der Waals surface area (Å²) in [6, 6.07) is 19.8. The summed E-state index contributed by atoms with van der Waals surface area (Å²) >= 11 is 0. The molecule has 0 N–H and O–H groups in total. The Kier molecular flexibility index (Phi) is 7.47. The van der Waals surface area contributed by atoms with Crippen molar-refractivity contribution >= 4 is 38.6 Å². The summed E-state index contributed by atoms with van der Waals surface area (Å²) in [6.45, 7) is 7.23. The van der Waals surface area contributed by atoms with E-state index in [1.54, 1.807) is 44.2 Å². The molecule has 0 atom stereocenters. The third-order valence-corrected chi connectivity index (χ3v) is 8.70. The summed E-state index contributed by atoms with van der Waals surface area (Å²) < 4.78 is 40.8. The summed E-state index contributed by atoms with van der Waals surface area (Å²) in [5.74, 6) is -1.10. The van der Waals surface area contributed by atoms with Crippen LogP contribution in [0.1, 0.15) is 44.3 Å². The lowest BCUT2D eigenvalue weighted by atomic mass is 10.1. The Bertz CT molecular complexity index is 1880. The van der Waals surface area contributed by atoms with E-state index in [9.17, 15) is 18.0 Å². The van der Waals surface area contributed by atoms with E-state index in [2.05, 4.69) is 4.98 Å². The molecule has 3 aromatic carbocycles. The van der Waals surface area contributed by atoms with Crippen LogP contribution in [-0.4, -0.2) is 31.9 Å². The number of anilines is 1. The number of benzene rings is 3. The van der Waals surface area contributed by atoms with Crippen LogP contribution in [0.5, 0.6) is 0 Å². The molecule has 0 radical (unpaired) electrons. The molecule has 8 nitrogen and oxygen atoms in total. The van der Waals surface area contributed by atoms with Crippen molar-refractivity contribution < 1.29 is 27.2 Å². The fourth-order valence-corrected chi connectivity index (χ4v) is 6.40. The topological polar surface area (TPSA) is 107 Å². The minimum absolute atomic E-state index is 0.00545. The van der Waals surface area contributed by atoms with Crippen LogP contribution in [-0.2, 0) is 14.8 Å². The molecule has 0 saturated heterocycles. The second-order valence-electron chi connectivity index (χ2n) is 9.59. The van der Waals surface area contributed by atoms with Crippen LogP contribution < -0.4 is 4.31 Å². The molecule has 2 heterocycles. The van der Waals surface area contributed by atoms with E-state index in [1.165, 1.54) is 36.7 Å². The number of hydrogen-bond acceptors (Lipinski definition) is 7. The quantitative estimate of drug-likeness (QED) is 0.203.